The van der Waals surface area contributed by atoms with E-state index < -0.39 is 5.97 Å². The van der Waals surface area contributed by atoms with Gasteiger partial charge in [-0.25, -0.2) is 4.79 Å². The van der Waals surface area contributed by atoms with Gasteiger partial charge in [0.25, 0.3) is 0 Å². The third kappa shape index (κ3) is 10.5. The Morgan fingerprint density at radius 3 is 1.92 bits per heavy atom. The Balaban J connectivity index is 1.84. The second-order valence-corrected chi connectivity index (χ2v) is 7.05. The van der Waals surface area contributed by atoms with Gasteiger partial charge in [0, 0.05) is 13.1 Å². The van der Waals surface area contributed by atoms with Crippen molar-refractivity contribution in [2.75, 3.05) is 13.1 Å². The number of nitrogens with zero attached hydrogens (tertiary/aromatic N) is 1. The van der Waals surface area contributed by atoms with Crippen molar-refractivity contribution in [1.82, 2.24) is 4.90 Å². The second-order valence-electron chi connectivity index (χ2n) is 7.05. The number of aliphatic carboxylic acids is 1. The van der Waals surface area contributed by atoms with Crippen LogP contribution in [0.1, 0.15) is 90.4 Å². The molecule has 138 valence electrons. The molecule has 0 aromatic heterocycles. The van der Waals surface area contributed by atoms with E-state index in [0.717, 1.165) is 13.0 Å². The van der Waals surface area contributed by atoms with Crippen LogP contribution in [0.5, 0.6) is 0 Å². The highest BCUT2D eigenvalue weighted by Gasteiger charge is 2.12. The van der Waals surface area contributed by atoms with E-state index in [1.165, 1.54) is 77.0 Å². The molecule has 3 nitrogen and oxygen atoms in total. The van der Waals surface area contributed by atoms with Crippen molar-refractivity contribution < 1.29 is 9.90 Å². The average molecular weight is 336 g/mol. The number of carboxylic acids is 1. The number of hydrogen-bond donors (Lipinski definition) is 1. The van der Waals surface area contributed by atoms with Crippen molar-refractivity contribution in [2.24, 2.45) is 0 Å². The van der Waals surface area contributed by atoms with E-state index >= 15 is 0 Å². The molecule has 0 radical (unpaired) electrons. The van der Waals surface area contributed by atoms with Gasteiger partial charge in [-0.1, -0.05) is 84.0 Å². The fourth-order valence-electron chi connectivity index (χ4n) is 3.23. The lowest BCUT2D eigenvalue weighted by Crippen LogP contribution is -2.26. The largest absolute Gasteiger partial charge is 0.478 e. The Hall–Kier alpha value is -1.25. The number of allylic oxidation sites excluding steroid dienone is 2. The maximum atomic E-state index is 11.0. The van der Waals surface area contributed by atoms with Crippen LogP contribution < -0.4 is 0 Å². The molecule has 3 heteroatoms. The van der Waals surface area contributed by atoms with Crippen LogP contribution >= 0.6 is 0 Å². The number of carbonyl (C=O) groups is 1. The van der Waals surface area contributed by atoms with Crippen molar-refractivity contribution >= 4 is 5.97 Å². The topological polar surface area (TPSA) is 40.5 Å². The van der Waals surface area contributed by atoms with E-state index in [1.54, 1.807) is 6.08 Å². The molecular weight excluding hydrogens is 298 g/mol. The summed E-state index contributed by atoms with van der Waals surface area (Å²) in [5, 5.41) is 9.01. The third-order valence-corrected chi connectivity index (χ3v) is 4.79. The predicted octanol–water partition coefficient (Wildman–Crippen LogP) is 5.92. The highest BCUT2D eigenvalue weighted by atomic mass is 16.4. The molecule has 24 heavy (non-hydrogen) atoms. The molecule has 0 fully saturated rings. The molecule has 1 aliphatic rings. The van der Waals surface area contributed by atoms with Crippen molar-refractivity contribution in [2.45, 2.75) is 90.4 Å². The Labute approximate surface area is 148 Å². The van der Waals surface area contributed by atoms with Crippen LogP contribution in [0, 0.1) is 0 Å². The molecule has 0 amide bonds. The molecule has 0 aromatic carbocycles. The van der Waals surface area contributed by atoms with Gasteiger partial charge < -0.3 is 10.0 Å². The Morgan fingerprint density at radius 1 is 0.917 bits per heavy atom. The zero-order valence-electron chi connectivity index (χ0n) is 15.6. The summed E-state index contributed by atoms with van der Waals surface area (Å²) in [7, 11) is 0. The fourth-order valence-corrected chi connectivity index (χ4v) is 3.23. The standard InChI is InChI=1S/C21H37NO2/c1-2-3-4-5-6-7-8-9-10-11-12-13-14-17-22-18-15-16-20(19-22)21(23)24/h15-16,18H,2-14,17,19H2,1H3,(H,23,24). The Bertz CT molecular complexity index is 387. The highest BCUT2D eigenvalue weighted by molar-refractivity contribution is 5.87. The van der Waals surface area contributed by atoms with Crippen LogP contribution in [0.15, 0.2) is 23.9 Å². The van der Waals surface area contributed by atoms with Gasteiger partial charge >= 0.3 is 5.97 Å². The summed E-state index contributed by atoms with van der Waals surface area (Å²) in [6, 6.07) is 0. The molecule has 0 atom stereocenters. The van der Waals surface area contributed by atoms with E-state index in [0.29, 0.717) is 12.1 Å². The van der Waals surface area contributed by atoms with Gasteiger partial charge in [0.1, 0.15) is 0 Å². The van der Waals surface area contributed by atoms with Crippen LogP contribution in [0.25, 0.3) is 0 Å². The minimum absolute atomic E-state index is 0.493. The zero-order valence-corrected chi connectivity index (χ0v) is 15.6. The number of hydrogen-bond acceptors (Lipinski definition) is 2. The van der Waals surface area contributed by atoms with Crippen LogP contribution in [0.3, 0.4) is 0 Å². The lowest BCUT2D eigenvalue weighted by atomic mass is 10.0. The molecular formula is C21H37NO2. The van der Waals surface area contributed by atoms with Crippen molar-refractivity contribution in [3.05, 3.63) is 23.9 Å². The van der Waals surface area contributed by atoms with Crippen LogP contribution in [0.2, 0.25) is 0 Å². The molecule has 0 aliphatic carbocycles. The lowest BCUT2D eigenvalue weighted by Gasteiger charge is -2.22. The first-order valence-corrected chi connectivity index (χ1v) is 10.1. The summed E-state index contributed by atoms with van der Waals surface area (Å²) in [5.41, 5.74) is 0.493. The van der Waals surface area contributed by atoms with Crippen LogP contribution in [0.4, 0.5) is 0 Å². The van der Waals surface area contributed by atoms with Crippen LogP contribution in [-0.4, -0.2) is 29.1 Å². The van der Waals surface area contributed by atoms with Gasteiger partial charge in [-0.2, -0.15) is 0 Å². The van der Waals surface area contributed by atoms with Crippen molar-refractivity contribution in [3.8, 4) is 0 Å². The van der Waals surface area contributed by atoms with E-state index in [9.17, 15) is 4.79 Å². The fraction of sp³-hybridized carbons (Fsp3) is 0.762. The van der Waals surface area contributed by atoms with Gasteiger partial charge in [-0.3, -0.25) is 0 Å². The SMILES string of the molecule is CCCCCCCCCCCCCCCN1C=CC=C(C(=O)O)C1. The monoisotopic (exact) mass is 335 g/mol. The predicted molar refractivity (Wildman–Crippen MR) is 102 cm³/mol. The molecule has 1 N–H and O–H groups in total. The van der Waals surface area contributed by atoms with Crippen LogP contribution in [-0.2, 0) is 4.79 Å². The normalized spacial score (nSPS) is 14.0. The van der Waals surface area contributed by atoms with Gasteiger partial charge in [0.05, 0.1) is 5.57 Å². The number of unbranched alkanes of at least 4 members (excludes halogenated alkanes) is 12. The molecule has 0 bridgehead atoms. The van der Waals surface area contributed by atoms with Gasteiger partial charge in [-0.05, 0) is 24.8 Å². The molecule has 0 saturated heterocycles. The summed E-state index contributed by atoms with van der Waals surface area (Å²) in [6.45, 7) is 3.79. The molecule has 1 heterocycles. The first-order chi connectivity index (χ1) is 11.7. The van der Waals surface area contributed by atoms with Gasteiger partial charge in [0.15, 0.2) is 0 Å². The quantitative estimate of drug-likeness (QED) is 0.378. The molecule has 0 saturated carbocycles. The minimum atomic E-state index is -0.797. The summed E-state index contributed by atoms with van der Waals surface area (Å²) in [4.78, 5) is 13.1. The minimum Gasteiger partial charge on any atom is -0.478 e. The number of rotatable bonds is 15. The molecule has 0 unspecified atom stereocenters. The first kappa shape index (κ1) is 20.8. The van der Waals surface area contributed by atoms with E-state index in [-0.39, 0.29) is 0 Å². The zero-order chi connectivity index (χ0) is 17.5. The van der Waals surface area contributed by atoms with Gasteiger partial charge in [-0.15, -0.1) is 0 Å². The summed E-state index contributed by atoms with van der Waals surface area (Å²) in [6.07, 6.45) is 23.3. The van der Waals surface area contributed by atoms with E-state index in [1.807, 2.05) is 12.3 Å². The smallest absolute Gasteiger partial charge is 0.333 e. The molecule has 0 spiro atoms. The first-order valence-electron chi connectivity index (χ1n) is 10.1. The van der Waals surface area contributed by atoms with Crippen molar-refractivity contribution in [1.29, 1.82) is 0 Å². The van der Waals surface area contributed by atoms with E-state index in [4.69, 9.17) is 5.11 Å². The maximum absolute atomic E-state index is 11.0. The summed E-state index contributed by atoms with van der Waals surface area (Å²) in [5.74, 6) is -0.797. The van der Waals surface area contributed by atoms with E-state index in [2.05, 4.69) is 11.8 Å². The second kappa shape index (κ2) is 14.1. The van der Waals surface area contributed by atoms with Gasteiger partial charge in [0.2, 0.25) is 0 Å². The Kier molecular flexibility index (Phi) is 12.2. The Morgan fingerprint density at radius 2 is 1.42 bits per heavy atom. The number of carboxylic acid groups (broad SMARTS) is 1. The lowest BCUT2D eigenvalue weighted by molar-refractivity contribution is -0.132. The third-order valence-electron chi connectivity index (χ3n) is 4.79. The maximum Gasteiger partial charge on any atom is 0.333 e. The molecule has 0 aromatic rings. The summed E-state index contributed by atoms with van der Waals surface area (Å²) >= 11 is 0. The van der Waals surface area contributed by atoms with Crippen molar-refractivity contribution in [3.63, 3.8) is 0 Å². The average Bonchev–Trinajstić information content (AvgIpc) is 2.59. The molecule has 1 rings (SSSR count). The summed E-state index contributed by atoms with van der Waals surface area (Å²) < 4.78 is 0. The highest BCUT2D eigenvalue weighted by Crippen LogP contribution is 2.13. The molecule has 1 aliphatic heterocycles.